The minimum absolute atomic E-state index is 0.189. The molecule has 4 heteroatoms. The van der Waals surface area contributed by atoms with E-state index in [2.05, 4.69) is 38.1 Å². The van der Waals surface area contributed by atoms with Gasteiger partial charge >= 0.3 is 0 Å². The Balaban J connectivity index is 1.40. The lowest BCUT2D eigenvalue weighted by Crippen LogP contribution is -2.15. The average molecular weight is 507 g/mol. The fraction of sp³-hybridized carbons (Fsp3) is 0.0857. The van der Waals surface area contributed by atoms with Gasteiger partial charge in [-0.3, -0.25) is 4.99 Å². The smallest absolute Gasteiger partial charge is 0.125 e. The lowest BCUT2D eigenvalue weighted by atomic mass is 9.81. The van der Waals surface area contributed by atoms with Gasteiger partial charge in [0.2, 0.25) is 0 Å². The first-order chi connectivity index (χ1) is 18.9. The van der Waals surface area contributed by atoms with Crippen molar-refractivity contribution in [1.82, 2.24) is 4.98 Å². The summed E-state index contributed by atoms with van der Waals surface area (Å²) in [4.78, 5) is 9.77. The lowest BCUT2D eigenvalue weighted by molar-refractivity contribution is 0.477. The molecule has 1 aliphatic rings. The van der Waals surface area contributed by atoms with Crippen LogP contribution in [0.3, 0.4) is 0 Å². The predicted octanol–water partition coefficient (Wildman–Crippen LogP) is 8.52. The van der Waals surface area contributed by atoms with Crippen LogP contribution in [0.5, 0.6) is 11.5 Å². The van der Waals surface area contributed by atoms with Crippen molar-refractivity contribution in [2.24, 2.45) is 4.99 Å². The van der Waals surface area contributed by atoms with Crippen molar-refractivity contribution in [1.29, 1.82) is 0 Å². The van der Waals surface area contributed by atoms with Crippen LogP contribution >= 0.6 is 0 Å². The molecule has 0 radical (unpaired) electrons. The van der Waals surface area contributed by atoms with Crippen molar-refractivity contribution in [2.75, 3.05) is 0 Å². The van der Waals surface area contributed by atoms with Gasteiger partial charge in [-0.15, -0.1) is 0 Å². The molecule has 0 bridgehead atoms. The zero-order valence-corrected chi connectivity index (χ0v) is 21.7. The number of aromatic nitrogens is 1. The van der Waals surface area contributed by atoms with Crippen LogP contribution in [-0.2, 0) is 5.41 Å². The molecule has 4 nitrogen and oxygen atoms in total. The Morgan fingerprint density at radius 2 is 1.41 bits per heavy atom. The molecule has 6 aromatic rings. The predicted molar refractivity (Wildman–Crippen MR) is 159 cm³/mol. The minimum atomic E-state index is -0.189. The molecule has 0 spiro atoms. The summed E-state index contributed by atoms with van der Waals surface area (Å²) in [5.74, 6) is 0.393. The summed E-state index contributed by atoms with van der Waals surface area (Å²) >= 11 is 0. The van der Waals surface area contributed by atoms with Crippen molar-refractivity contribution >= 4 is 33.4 Å². The van der Waals surface area contributed by atoms with Gasteiger partial charge in [0.15, 0.2) is 0 Å². The van der Waals surface area contributed by atoms with Gasteiger partial charge in [0.25, 0.3) is 0 Å². The van der Waals surface area contributed by atoms with Crippen LogP contribution in [0, 0.1) is 0 Å². The molecular weight excluding hydrogens is 480 g/mol. The third-order valence-corrected chi connectivity index (χ3v) is 7.93. The molecule has 0 saturated heterocycles. The Hall–Kier alpha value is -4.96. The second-order valence-corrected chi connectivity index (χ2v) is 10.6. The minimum Gasteiger partial charge on any atom is -0.507 e. The number of nitrogens with zero attached hydrogens (tertiary/aromatic N) is 2. The highest BCUT2D eigenvalue weighted by Crippen LogP contribution is 2.51. The summed E-state index contributed by atoms with van der Waals surface area (Å²) in [6.45, 7) is 4.45. The van der Waals surface area contributed by atoms with E-state index in [1.807, 2.05) is 72.8 Å². The molecule has 0 unspecified atom stereocenters. The highest BCUT2D eigenvalue weighted by molar-refractivity contribution is 6.03. The van der Waals surface area contributed by atoms with Crippen molar-refractivity contribution in [3.63, 3.8) is 0 Å². The van der Waals surface area contributed by atoms with Crippen LogP contribution in [0.15, 0.2) is 108 Å². The second kappa shape index (κ2) is 8.53. The summed E-state index contributed by atoms with van der Waals surface area (Å²) < 4.78 is 0. The number of benzene rings is 5. The Bertz CT molecular complexity index is 1970. The molecule has 0 aliphatic heterocycles. The van der Waals surface area contributed by atoms with Gasteiger partial charge in [-0.05, 0) is 63.4 Å². The molecule has 0 atom stereocenters. The summed E-state index contributed by atoms with van der Waals surface area (Å²) in [7, 11) is 0. The molecule has 7 rings (SSSR count). The van der Waals surface area contributed by atoms with E-state index in [0.29, 0.717) is 28.0 Å². The first-order valence-electron chi connectivity index (χ1n) is 13.0. The molecule has 0 saturated carbocycles. The lowest BCUT2D eigenvalue weighted by Gasteiger charge is -2.22. The van der Waals surface area contributed by atoms with E-state index in [0.717, 1.165) is 27.3 Å². The van der Waals surface area contributed by atoms with E-state index < -0.39 is 0 Å². The molecule has 0 amide bonds. The number of rotatable bonds is 3. The van der Waals surface area contributed by atoms with E-state index in [9.17, 15) is 10.2 Å². The largest absolute Gasteiger partial charge is 0.507 e. The van der Waals surface area contributed by atoms with E-state index >= 15 is 0 Å². The maximum Gasteiger partial charge on any atom is 0.125 e. The zero-order chi connectivity index (χ0) is 26.7. The van der Waals surface area contributed by atoms with E-state index in [4.69, 9.17) is 9.98 Å². The fourth-order valence-electron chi connectivity index (χ4n) is 5.94. The third-order valence-electron chi connectivity index (χ3n) is 7.93. The van der Waals surface area contributed by atoms with Gasteiger partial charge in [-0.2, -0.15) is 0 Å². The zero-order valence-electron chi connectivity index (χ0n) is 21.7. The number of phenols is 2. The standard InChI is InChI=1S/C35H26N2O2/c1-35(2)27-14-6-5-13-24(27)25-19-33(39)26(18-28(25)35)30-17-22-9-3-4-12-23(22)31(37-30)20-36-29-15-7-10-21-11-8-16-32(38)34(21)29/h3-20,38-39H,1-2H3. The maximum absolute atomic E-state index is 11.2. The summed E-state index contributed by atoms with van der Waals surface area (Å²) in [6.07, 6.45) is 1.75. The Kier molecular flexibility index (Phi) is 5.07. The Morgan fingerprint density at radius 3 is 2.28 bits per heavy atom. The summed E-state index contributed by atoms with van der Waals surface area (Å²) in [5, 5.41) is 25.3. The Morgan fingerprint density at radius 1 is 0.667 bits per heavy atom. The van der Waals surface area contributed by atoms with E-state index in [1.54, 1.807) is 12.3 Å². The highest BCUT2D eigenvalue weighted by Gasteiger charge is 2.36. The van der Waals surface area contributed by atoms with Gasteiger partial charge in [0.05, 0.1) is 23.3 Å². The number of hydrogen-bond acceptors (Lipinski definition) is 4. The third kappa shape index (κ3) is 3.60. The second-order valence-electron chi connectivity index (χ2n) is 10.6. The van der Waals surface area contributed by atoms with Crippen molar-refractivity contribution in [2.45, 2.75) is 19.3 Å². The van der Waals surface area contributed by atoms with Crippen molar-refractivity contribution < 1.29 is 10.2 Å². The van der Waals surface area contributed by atoms with Crippen molar-refractivity contribution in [3.05, 3.63) is 120 Å². The number of pyridine rings is 1. The van der Waals surface area contributed by atoms with E-state index in [1.165, 1.54) is 11.1 Å². The molecule has 39 heavy (non-hydrogen) atoms. The number of aliphatic imine (C=N–C) groups is 1. The van der Waals surface area contributed by atoms with Gasteiger partial charge in [0, 0.05) is 21.8 Å². The summed E-state index contributed by atoms with van der Waals surface area (Å²) in [6, 6.07) is 33.7. The molecular formula is C35H26N2O2. The first-order valence-corrected chi connectivity index (χ1v) is 13.0. The number of aromatic hydroxyl groups is 2. The molecule has 2 N–H and O–H groups in total. The molecule has 1 aromatic heterocycles. The van der Waals surface area contributed by atoms with Crippen LogP contribution < -0.4 is 0 Å². The Labute approximate surface area is 226 Å². The first kappa shape index (κ1) is 23.2. The van der Waals surface area contributed by atoms with Gasteiger partial charge in [0.1, 0.15) is 11.5 Å². The number of hydrogen-bond donors (Lipinski definition) is 2. The number of phenolic OH excluding ortho intramolecular Hbond substituents is 2. The van der Waals surface area contributed by atoms with Gasteiger partial charge < -0.3 is 10.2 Å². The van der Waals surface area contributed by atoms with Crippen LogP contribution in [0.4, 0.5) is 5.69 Å². The monoisotopic (exact) mass is 506 g/mol. The van der Waals surface area contributed by atoms with Gasteiger partial charge in [-0.25, -0.2) is 4.98 Å². The molecule has 1 heterocycles. The highest BCUT2D eigenvalue weighted by atomic mass is 16.3. The maximum atomic E-state index is 11.2. The van der Waals surface area contributed by atoms with E-state index in [-0.39, 0.29) is 16.9 Å². The molecule has 188 valence electrons. The van der Waals surface area contributed by atoms with Gasteiger partial charge in [-0.1, -0.05) is 86.6 Å². The quantitative estimate of drug-likeness (QED) is 0.236. The van der Waals surface area contributed by atoms with Crippen LogP contribution in [0.25, 0.3) is 43.9 Å². The van der Waals surface area contributed by atoms with Crippen molar-refractivity contribution in [3.8, 4) is 33.9 Å². The molecule has 0 fully saturated rings. The molecule has 5 aromatic carbocycles. The fourth-order valence-corrected chi connectivity index (χ4v) is 5.94. The average Bonchev–Trinajstić information content (AvgIpc) is 3.17. The molecule has 1 aliphatic carbocycles. The normalized spacial score (nSPS) is 13.7. The SMILES string of the molecule is CC1(C)c2ccccc2-c2cc(O)c(-c3cc4ccccc4c(C=Nc4cccc5cccc(O)c45)n3)cc21. The topological polar surface area (TPSA) is 65.7 Å². The van der Waals surface area contributed by atoms with Crippen LogP contribution in [0.1, 0.15) is 30.7 Å². The number of fused-ring (bicyclic) bond motifs is 5. The van der Waals surface area contributed by atoms with Crippen LogP contribution in [0.2, 0.25) is 0 Å². The summed E-state index contributed by atoms with van der Waals surface area (Å²) in [5.41, 5.74) is 7.21. The van der Waals surface area contributed by atoms with Crippen LogP contribution in [-0.4, -0.2) is 21.4 Å².